The zero-order chi connectivity index (χ0) is 9.14. The number of nitrogens with zero attached hydrogens (tertiary/aromatic N) is 1. The summed E-state index contributed by atoms with van der Waals surface area (Å²) in [5.74, 6) is 0. The highest BCUT2D eigenvalue weighted by molar-refractivity contribution is 7.05. The molecule has 66 valence electrons. The Labute approximate surface area is 74.0 Å². The highest BCUT2D eigenvalue weighted by Gasteiger charge is 2.07. The molecule has 0 unspecified atom stereocenters. The maximum atomic E-state index is 11.2. The van der Waals surface area contributed by atoms with Crippen LogP contribution in [0.15, 0.2) is 16.2 Å². The first kappa shape index (κ1) is 8.99. The highest BCUT2D eigenvalue weighted by Crippen LogP contribution is 1.92. The van der Waals surface area contributed by atoms with Crippen molar-refractivity contribution in [3.63, 3.8) is 0 Å². The fourth-order valence-electron chi connectivity index (χ4n) is 0.723. The maximum absolute atomic E-state index is 11.2. The van der Waals surface area contributed by atoms with Gasteiger partial charge >= 0.3 is 6.03 Å². The topological polar surface area (TPSA) is 51.1 Å². The first-order chi connectivity index (χ1) is 5.61. The van der Waals surface area contributed by atoms with E-state index < -0.39 is 0 Å². The summed E-state index contributed by atoms with van der Waals surface area (Å²) in [4.78, 5) is 22.2. The number of aromatic nitrogens is 1. The van der Waals surface area contributed by atoms with Crippen molar-refractivity contribution in [2.45, 2.75) is 19.9 Å². The van der Waals surface area contributed by atoms with Gasteiger partial charge in [-0.05, 0) is 13.8 Å². The molecule has 0 atom stereocenters. The molecule has 1 N–H and O–H groups in total. The average Bonchev–Trinajstić information content (AvgIpc) is 2.33. The van der Waals surface area contributed by atoms with Gasteiger partial charge in [0.15, 0.2) is 0 Å². The number of hydrogen-bond acceptors (Lipinski definition) is 3. The minimum absolute atomic E-state index is 0.0477. The van der Waals surface area contributed by atoms with Crippen molar-refractivity contribution < 1.29 is 4.79 Å². The van der Waals surface area contributed by atoms with Crippen molar-refractivity contribution in [1.29, 1.82) is 0 Å². The van der Waals surface area contributed by atoms with Gasteiger partial charge < -0.3 is 5.32 Å². The zero-order valence-electron chi connectivity index (χ0n) is 6.90. The summed E-state index contributed by atoms with van der Waals surface area (Å²) >= 11 is 1.09. The second-order valence-electron chi connectivity index (χ2n) is 2.64. The van der Waals surface area contributed by atoms with Crippen LogP contribution in [0.3, 0.4) is 0 Å². The number of hydrogen-bond donors (Lipinski definition) is 1. The summed E-state index contributed by atoms with van der Waals surface area (Å²) < 4.78 is 1.08. The van der Waals surface area contributed by atoms with Gasteiger partial charge in [-0.1, -0.05) is 11.5 Å². The van der Waals surface area contributed by atoms with Crippen LogP contribution in [0.5, 0.6) is 0 Å². The zero-order valence-corrected chi connectivity index (χ0v) is 7.72. The quantitative estimate of drug-likeness (QED) is 0.707. The van der Waals surface area contributed by atoms with E-state index in [0.29, 0.717) is 0 Å². The van der Waals surface area contributed by atoms with Crippen molar-refractivity contribution in [2.75, 3.05) is 0 Å². The third-order valence-corrected chi connectivity index (χ3v) is 1.99. The van der Waals surface area contributed by atoms with E-state index in [2.05, 4.69) is 5.32 Å². The van der Waals surface area contributed by atoms with Crippen LogP contribution < -0.4 is 10.9 Å². The van der Waals surface area contributed by atoms with Crippen LogP contribution in [0.2, 0.25) is 0 Å². The molecule has 0 bridgehead atoms. The molecule has 1 aromatic heterocycles. The second-order valence-corrected chi connectivity index (χ2v) is 3.49. The molecule has 0 aliphatic carbocycles. The van der Waals surface area contributed by atoms with E-state index in [1.165, 1.54) is 6.07 Å². The number of rotatable bonds is 1. The Hall–Kier alpha value is -1.10. The summed E-state index contributed by atoms with van der Waals surface area (Å²) in [6, 6.07) is 1.06. The Morgan fingerprint density at radius 1 is 1.67 bits per heavy atom. The van der Waals surface area contributed by atoms with Gasteiger partial charge in [-0.3, -0.25) is 4.79 Å². The average molecular weight is 186 g/mol. The van der Waals surface area contributed by atoms with E-state index in [1.807, 2.05) is 13.8 Å². The van der Waals surface area contributed by atoms with Crippen LogP contribution >= 0.6 is 11.5 Å². The minimum Gasteiger partial charge on any atom is -0.334 e. The van der Waals surface area contributed by atoms with Gasteiger partial charge in [0.2, 0.25) is 0 Å². The maximum Gasteiger partial charge on any atom is 0.338 e. The van der Waals surface area contributed by atoms with Gasteiger partial charge in [-0.2, -0.15) is 3.96 Å². The van der Waals surface area contributed by atoms with Gasteiger partial charge in [0.25, 0.3) is 5.56 Å². The van der Waals surface area contributed by atoms with E-state index in [-0.39, 0.29) is 17.6 Å². The van der Waals surface area contributed by atoms with Crippen molar-refractivity contribution in [1.82, 2.24) is 9.27 Å². The lowest BCUT2D eigenvalue weighted by atomic mass is 10.4. The molecule has 12 heavy (non-hydrogen) atoms. The van der Waals surface area contributed by atoms with Crippen molar-refractivity contribution in [3.8, 4) is 0 Å². The van der Waals surface area contributed by atoms with Crippen molar-refractivity contribution in [3.05, 3.63) is 21.8 Å². The van der Waals surface area contributed by atoms with Gasteiger partial charge in [0.05, 0.1) is 0 Å². The molecule has 0 spiro atoms. The van der Waals surface area contributed by atoms with Crippen LogP contribution in [-0.2, 0) is 0 Å². The third kappa shape index (κ3) is 1.94. The lowest BCUT2D eigenvalue weighted by molar-refractivity contribution is 0.241. The Morgan fingerprint density at radius 3 is 2.75 bits per heavy atom. The largest absolute Gasteiger partial charge is 0.338 e. The fraction of sp³-hybridized carbons (Fsp3) is 0.429. The molecule has 1 aromatic rings. The first-order valence-electron chi connectivity index (χ1n) is 3.59. The van der Waals surface area contributed by atoms with Crippen molar-refractivity contribution >= 4 is 17.6 Å². The van der Waals surface area contributed by atoms with E-state index >= 15 is 0 Å². The van der Waals surface area contributed by atoms with Crippen LogP contribution in [0, 0.1) is 0 Å². The summed E-state index contributed by atoms with van der Waals surface area (Å²) in [5, 5.41) is 4.21. The highest BCUT2D eigenvalue weighted by atomic mass is 32.1. The summed E-state index contributed by atoms with van der Waals surface area (Å²) in [7, 11) is 0. The van der Waals surface area contributed by atoms with Crippen LogP contribution in [0.4, 0.5) is 4.79 Å². The Morgan fingerprint density at radius 2 is 2.33 bits per heavy atom. The fourth-order valence-corrected chi connectivity index (χ4v) is 1.33. The molecule has 5 heteroatoms. The third-order valence-electron chi connectivity index (χ3n) is 1.17. The molecule has 1 rings (SSSR count). The summed E-state index contributed by atoms with van der Waals surface area (Å²) in [6.07, 6.45) is 0. The van der Waals surface area contributed by atoms with E-state index in [1.54, 1.807) is 5.38 Å². The Kier molecular flexibility index (Phi) is 2.65. The monoisotopic (exact) mass is 186 g/mol. The summed E-state index contributed by atoms with van der Waals surface area (Å²) in [6.45, 7) is 3.69. The van der Waals surface area contributed by atoms with Gasteiger partial charge in [0.1, 0.15) is 0 Å². The molecule has 0 aliphatic rings. The predicted octanol–water partition coefficient (Wildman–Crippen LogP) is 0.876. The van der Waals surface area contributed by atoms with Crippen LogP contribution in [-0.4, -0.2) is 16.0 Å². The molecule has 0 radical (unpaired) electrons. The number of carbonyl (C=O) groups excluding carboxylic acids is 1. The molecule has 0 saturated carbocycles. The van der Waals surface area contributed by atoms with Gasteiger partial charge in [-0.25, -0.2) is 4.79 Å². The molecule has 0 fully saturated rings. The molecular formula is C7H10N2O2S. The first-order valence-corrected chi connectivity index (χ1v) is 4.43. The molecule has 0 aromatic carbocycles. The number of carbonyl (C=O) groups is 1. The predicted molar refractivity (Wildman–Crippen MR) is 47.6 cm³/mol. The molecule has 4 nitrogen and oxygen atoms in total. The molecule has 1 heterocycles. The smallest absolute Gasteiger partial charge is 0.334 e. The van der Waals surface area contributed by atoms with Crippen LogP contribution in [0.1, 0.15) is 13.8 Å². The molecule has 0 aliphatic heterocycles. The van der Waals surface area contributed by atoms with Gasteiger partial charge in [-0.15, -0.1) is 0 Å². The standard InChI is InChI=1S/C7H10N2O2S/c1-5(2)8-7(11)9-6(10)3-4-12-9/h3-5H,1-2H3,(H,8,11). The Bertz CT molecular complexity index is 326. The molecule has 0 saturated heterocycles. The minimum atomic E-state index is -0.356. The molecule has 1 amide bonds. The Balaban J connectivity index is 2.79. The molecular weight excluding hydrogens is 176 g/mol. The number of nitrogens with one attached hydrogen (secondary N) is 1. The van der Waals surface area contributed by atoms with Gasteiger partial charge in [0, 0.05) is 17.5 Å². The van der Waals surface area contributed by atoms with Crippen molar-refractivity contribution in [2.24, 2.45) is 0 Å². The van der Waals surface area contributed by atoms with E-state index in [0.717, 1.165) is 15.5 Å². The van der Waals surface area contributed by atoms with E-state index in [4.69, 9.17) is 0 Å². The lowest BCUT2D eigenvalue weighted by Gasteiger charge is -2.06. The normalized spacial score (nSPS) is 10.2. The SMILES string of the molecule is CC(C)NC(=O)n1sccc1=O. The summed E-state index contributed by atoms with van der Waals surface area (Å²) in [5.41, 5.74) is -0.279. The lowest BCUT2D eigenvalue weighted by Crippen LogP contribution is -2.36. The second kappa shape index (κ2) is 3.53. The van der Waals surface area contributed by atoms with Crippen LogP contribution in [0.25, 0.3) is 0 Å². The number of amides is 1. The van der Waals surface area contributed by atoms with E-state index in [9.17, 15) is 9.59 Å².